The summed E-state index contributed by atoms with van der Waals surface area (Å²) >= 11 is 1.90. The maximum atomic E-state index is 12.9. The Morgan fingerprint density at radius 2 is 2.12 bits per heavy atom. The van der Waals surface area contributed by atoms with E-state index in [0.29, 0.717) is 22.4 Å². The van der Waals surface area contributed by atoms with Gasteiger partial charge in [0, 0.05) is 12.8 Å². The largest absolute Gasteiger partial charge is 0.345 e. The molecule has 1 aromatic carbocycles. The second kappa shape index (κ2) is 9.32. The van der Waals surface area contributed by atoms with Crippen molar-refractivity contribution in [1.29, 1.82) is 0 Å². The van der Waals surface area contributed by atoms with Gasteiger partial charge in [-0.05, 0) is 42.7 Å². The third-order valence-electron chi connectivity index (χ3n) is 4.37. The van der Waals surface area contributed by atoms with Crippen molar-refractivity contribution in [3.63, 3.8) is 0 Å². The summed E-state index contributed by atoms with van der Waals surface area (Å²) < 4.78 is 29.6. The highest BCUT2D eigenvalue weighted by Gasteiger charge is 2.27. The summed E-state index contributed by atoms with van der Waals surface area (Å²) in [6.45, 7) is 1.53. The summed E-state index contributed by atoms with van der Waals surface area (Å²) in [7, 11) is -2.57. The standard InChI is InChI=1S/C17H18N6O6S3/c1-9-16(25)22(2)13-5-4-10(6-11(13)19-9)32(28,29)21-12(8-30-3)15(24)20-17-18-7-14(31-17)23(26)27/h4-7,12,21H,8H2,1-3H3,(H,18,20,24)/t12-/m1/s1. The van der Waals surface area contributed by atoms with Gasteiger partial charge in [-0.15, -0.1) is 0 Å². The lowest BCUT2D eigenvalue weighted by molar-refractivity contribution is -0.380. The number of rotatable bonds is 8. The lowest BCUT2D eigenvalue weighted by Crippen LogP contribution is -2.45. The summed E-state index contributed by atoms with van der Waals surface area (Å²) in [5, 5.41) is 12.9. The Morgan fingerprint density at radius 3 is 2.75 bits per heavy atom. The van der Waals surface area contributed by atoms with Gasteiger partial charge in [0.15, 0.2) is 5.13 Å². The molecule has 0 aliphatic rings. The van der Waals surface area contributed by atoms with Crippen molar-refractivity contribution >= 4 is 60.2 Å². The summed E-state index contributed by atoms with van der Waals surface area (Å²) in [5.41, 5.74) is 0.710. The molecule has 3 rings (SSSR count). The maximum Gasteiger partial charge on any atom is 0.345 e. The number of anilines is 1. The van der Waals surface area contributed by atoms with E-state index in [-0.39, 0.29) is 32.0 Å². The molecule has 12 nitrogen and oxygen atoms in total. The van der Waals surface area contributed by atoms with E-state index in [1.807, 2.05) is 0 Å². The molecule has 32 heavy (non-hydrogen) atoms. The fraction of sp³-hybridized carbons (Fsp3) is 0.294. The number of hydrogen-bond donors (Lipinski definition) is 2. The molecule has 170 valence electrons. The SMILES string of the molecule is CSC[C@@H](NS(=O)(=O)c1ccc2c(c1)nc(C)c(=O)n2C)C(=O)Nc1ncc([N+](=O)[O-])s1. The molecule has 0 fully saturated rings. The number of carbonyl (C=O) groups excluding carboxylic acids is 1. The summed E-state index contributed by atoms with van der Waals surface area (Å²) in [6, 6.07) is 2.95. The Morgan fingerprint density at radius 1 is 1.41 bits per heavy atom. The smallest absolute Gasteiger partial charge is 0.308 e. The minimum Gasteiger partial charge on any atom is -0.308 e. The number of fused-ring (bicyclic) bond motifs is 1. The van der Waals surface area contributed by atoms with E-state index >= 15 is 0 Å². The van der Waals surface area contributed by atoms with Gasteiger partial charge in [-0.2, -0.15) is 16.5 Å². The third-order valence-corrected chi connectivity index (χ3v) is 7.37. The average molecular weight is 499 g/mol. The number of hydrogen-bond acceptors (Lipinski definition) is 10. The number of amides is 1. The van der Waals surface area contributed by atoms with Crippen LogP contribution in [0.15, 0.2) is 34.1 Å². The second-order valence-corrected chi connectivity index (χ2v) is 10.2. The quantitative estimate of drug-likeness (QED) is 0.343. The van der Waals surface area contributed by atoms with Crippen LogP contribution < -0.4 is 15.6 Å². The number of thiazole rings is 1. The zero-order valence-corrected chi connectivity index (χ0v) is 19.5. The van der Waals surface area contributed by atoms with Crippen molar-refractivity contribution in [1.82, 2.24) is 19.3 Å². The number of benzene rings is 1. The van der Waals surface area contributed by atoms with E-state index in [9.17, 15) is 28.1 Å². The van der Waals surface area contributed by atoms with Gasteiger partial charge >= 0.3 is 5.00 Å². The Bertz CT molecular complexity index is 1370. The van der Waals surface area contributed by atoms with Crippen LogP contribution in [-0.4, -0.2) is 51.8 Å². The van der Waals surface area contributed by atoms with Crippen LogP contribution >= 0.6 is 23.1 Å². The van der Waals surface area contributed by atoms with Crippen LogP contribution in [0.2, 0.25) is 0 Å². The number of sulfonamides is 1. The van der Waals surface area contributed by atoms with E-state index in [2.05, 4.69) is 20.0 Å². The average Bonchev–Trinajstić information content (AvgIpc) is 3.20. The molecule has 2 N–H and O–H groups in total. The van der Waals surface area contributed by atoms with Gasteiger partial charge in [0.1, 0.15) is 17.9 Å². The highest BCUT2D eigenvalue weighted by Crippen LogP contribution is 2.25. The first-order valence-electron chi connectivity index (χ1n) is 8.93. The zero-order chi connectivity index (χ0) is 23.6. The van der Waals surface area contributed by atoms with Crippen molar-refractivity contribution in [3.05, 3.63) is 50.6 Å². The molecule has 1 atom stereocenters. The third kappa shape index (κ3) is 4.95. The molecule has 0 aliphatic heterocycles. The summed E-state index contributed by atoms with van der Waals surface area (Å²) in [5.74, 6) is -0.595. The van der Waals surface area contributed by atoms with E-state index < -0.39 is 26.9 Å². The van der Waals surface area contributed by atoms with Crippen LogP contribution in [0.3, 0.4) is 0 Å². The maximum absolute atomic E-state index is 12.9. The van der Waals surface area contributed by atoms with Gasteiger partial charge in [-0.1, -0.05) is 0 Å². The Hall–Kier alpha value is -2.88. The van der Waals surface area contributed by atoms with Gasteiger partial charge in [-0.25, -0.2) is 18.4 Å². The molecule has 2 aromatic heterocycles. The minimum absolute atomic E-state index is 0.0155. The highest BCUT2D eigenvalue weighted by atomic mass is 32.2. The number of aromatic nitrogens is 3. The normalized spacial score (nSPS) is 12.6. The first kappa shape index (κ1) is 23.8. The predicted molar refractivity (Wildman–Crippen MR) is 122 cm³/mol. The topological polar surface area (TPSA) is 166 Å². The number of nitrogens with one attached hydrogen (secondary N) is 2. The van der Waals surface area contributed by atoms with Crippen LogP contribution in [0.4, 0.5) is 10.1 Å². The van der Waals surface area contributed by atoms with Gasteiger partial charge in [0.2, 0.25) is 15.9 Å². The summed E-state index contributed by atoms with van der Waals surface area (Å²) in [6.07, 6.45) is 2.71. The molecule has 0 unspecified atom stereocenters. The molecule has 15 heteroatoms. The Kier molecular flexibility index (Phi) is 6.92. The molecule has 0 bridgehead atoms. The van der Waals surface area contributed by atoms with E-state index in [1.165, 1.54) is 41.5 Å². The van der Waals surface area contributed by atoms with Gasteiger partial charge < -0.3 is 9.88 Å². The Labute approximate surface area is 190 Å². The molecular weight excluding hydrogens is 480 g/mol. The first-order chi connectivity index (χ1) is 15.0. The molecular formula is C17H18N6O6S3. The van der Waals surface area contributed by atoms with Gasteiger partial charge in [0.25, 0.3) is 5.56 Å². The number of nitro groups is 1. The van der Waals surface area contributed by atoms with Crippen LogP contribution in [0.1, 0.15) is 5.69 Å². The lowest BCUT2D eigenvalue weighted by atomic mass is 10.3. The summed E-state index contributed by atoms with van der Waals surface area (Å²) in [4.78, 5) is 42.6. The van der Waals surface area contributed by atoms with Crippen LogP contribution in [0.5, 0.6) is 0 Å². The predicted octanol–water partition coefficient (Wildman–Crippen LogP) is 1.26. The van der Waals surface area contributed by atoms with Crippen molar-refractivity contribution in [2.24, 2.45) is 7.05 Å². The van der Waals surface area contributed by atoms with Gasteiger partial charge in [-0.3, -0.25) is 19.7 Å². The van der Waals surface area contributed by atoms with Crippen molar-refractivity contribution in [3.8, 4) is 0 Å². The Balaban J connectivity index is 1.87. The highest BCUT2D eigenvalue weighted by molar-refractivity contribution is 7.98. The fourth-order valence-corrected chi connectivity index (χ4v) is 5.33. The monoisotopic (exact) mass is 498 g/mol. The number of nitrogens with zero attached hydrogens (tertiary/aromatic N) is 4. The van der Waals surface area contributed by atoms with Crippen LogP contribution in [-0.2, 0) is 21.9 Å². The van der Waals surface area contributed by atoms with Crippen LogP contribution in [0.25, 0.3) is 11.0 Å². The second-order valence-electron chi connectivity index (χ2n) is 6.59. The van der Waals surface area contributed by atoms with Crippen molar-refractivity contribution in [2.45, 2.75) is 17.9 Å². The molecule has 2 heterocycles. The lowest BCUT2D eigenvalue weighted by Gasteiger charge is -2.17. The number of carbonyl (C=O) groups is 1. The number of aryl methyl sites for hydroxylation is 2. The molecule has 0 spiro atoms. The minimum atomic E-state index is -4.13. The molecule has 1 amide bonds. The van der Waals surface area contributed by atoms with Crippen molar-refractivity contribution in [2.75, 3.05) is 17.3 Å². The van der Waals surface area contributed by atoms with E-state index in [4.69, 9.17) is 0 Å². The zero-order valence-electron chi connectivity index (χ0n) is 17.1. The number of thioether (sulfide) groups is 1. The fourth-order valence-electron chi connectivity index (χ4n) is 2.81. The molecule has 3 aromatic rings. The molecule has 0 saturated heterocycles. The van der Waals surface area contributed by atoms with Gasteiger partial charge in [0.05, 0.1) is 20.9 Å². The van der Waals surface area contributed by atoms with Crippen molar-refractivity contribution < 1.29 is 18.1 Å². The molecule has 0 radical (unpaired) electrons. The van der Waals surface area contributed by atoms with Crippen LogP contribution in [0, 0.1) is 17.0 Å². The first-order valence-corrected chi connectivity index (χ1v) is 12.6. The molecule has 0 saturated carbocycles. The van der Waals surface area contributed by atoms with E-state index in [0.717, 1.165) is 6.20 Å². The molecule has 0 aliphatic carbocycles. The van der Waals surface area contributed by atoms with E-state index in [1.54, 1.807) is 13.3 Å².